The number of halogens is 2. The first-order chi connectivity index (χ1) is 10.0. The van der Waals surface area contributed by atoms with Gasteiger partial charge in [0.15, 0.2) is 0 Å². The van der Waals surface area contributed by atoms with E-state index in [4.69, 9.17) is 5.73 Å². The van der Waals surface area contributed by atoms with Crippen LogP contribution in [0.3, 0.4) is 0 Å². The second kappa shape index (κ2) is 5.27. The van der Waals surface area contributed by atoms with E-state index in [9.17, 15) is 9.59 Å². The molecule has 0 aliphatic carbocycles. The third kappa shape index (κ3) is 2.28. The number of carbonyl (C=O) groups is 2. The Balaban J connectivity index is 2.03. The van der Waals surface area contributed by atoms with Crippen molar-refractivity contribution in [2.75, 3.05) is 5.73 Å². The fourth-order valence-corrected chi connectivity index (χ4v) is 3.58. The standard InChI is InChI=1S/C15H10Br2N2O2/c16-10-6-9-11(12(17)13(10)18)15(21)19(14(9)20)7-8-4-2-1-3-5-8/h1-6H,7,18H2. The molecule has 6 heteroatoms. The highest BCUT2D eigenvalue weighted by Crippen LogP contribution is 2.38. The molecule has 0 fully saturated rings. The first kappa shape index (κ1) is 14.3. The van der Waals surface area contributed by atoms with Gasteiger partial charge in [-0.05, 0) is 43.5 Å². The number of hydrogen-bond donors (Lipinski definition) is 1. The molecule has 1 aliphatic heterocycles. The molecule has 2 N–H and O–H groups in total. The van der Waals surface area contributed by atoms with Crippen molar-refractivity contribution in [3.63, 3.8) is 0 Å². The molecule has 1 aliphatic rings. The highest BCUT2D eigenvalue weighted by atomic mass is 79.9. The van der Waals surface area contributed by atoms with Crippen LogP contribution < -0.4 is 5.73 Å². The van der Waals surface area contributed by atoms with Gasteiger partial charge in [0.05, 0.1) is 27.8 Å². The van der Waals surface area contributed by atoms with Gasteiger partial charge in [0.1, 0.15) is 0 Å². The molecule has 0 spiro atoms. The van der Waals surface area contributed by atoms with E-state index < -0.39 is 0 Å². The molecule has 0 saturated heterocycles. The van der Waals surface area contributed by atoms with Crippen molar-refractivity contribution in [1.82, 2.24) is 4.90 Å². The minimum Gasteiger partial charge on any atom is -0.397 e. The molecule has 106 valence electrons. The van der Waals surface area contributed by atoms with E-state index in [1.165, 1.54) is 4.90 Å². The molecule has 4 nitrogen and oxygen atoms in total. The zero-order valence-electron chi connectivity index (χ0n) is 10.8. The van der Waals surface area contributed by atoms with Gasteiger partial charge in [-0.3, -0.25) is 14.5 Å². The van der Waals surface area contributed by atoms with E-state index in [1.54, 1.807) is 6.07 Å². The SMILES string of the molecule is Nc1c(Br)cc2c(c1Br)C(=O)N(Cc1ccccc1)C2=O. The predicted molar refractivity (Wildman–Crippen MR) is 86.9 cm³/mol. The molecular weight excluding hydrogens is 400 g/mol. The zero-order valence-corrected chi connectivity index (χ0v) is 13.9. The summed E-state index contributed by atoms with van der Waals surface area (Å²) in [5, 5.41) is 0. The van der Waals surface area contributed by atoms with E-state index in [-0.39, 0.29) is 18.4 Å². The Morgan fingerprint density at radius 3 is 2.38 bits per heavy atom. The van der Waals surface area contributed by atoms with E-state index >= 15 is 0 Å². The lowest BCUT2D eigenvalue weighted by atomic mass is 10.1. The van der Waals surface area contributed by atoms with Crippen molar-refractivity contribution in [2.45, 2.75) is 6.54 Å². The van der Waals surface area contributed by atoms with Crippen molar-refractivity contribution in [3.8, 4) is 0 Å². The minimum absolute atomic E-state index is 0.247. The summed E-state index contributed by atoms with van der Waals surface area (Å²) < 4.78 is 1.05. The van der Waals surface area contributed by atoms with Crippen LogP contribution in [0, 0.1) is 0 Å². The van der Waals surface area contributed by atoms with Crippen LogP contribution in [0.5, 0.6) is 0 Å². The summed E-state index contributed by atoms with van der Waals surface area (Å²) in [6, 6.07) is 11.0. The Hall–Kier alpha value is -1.66. The van der Waals surface area contributed by atoms with Crippen LogP contribution >= 0.6 is 31.9 Å². The average Bonchev–Trinajstić information content (AvgIpc) is 2.71. The van der Waals surface area contributed by atoms with Crippen LogP contribution in [0.25, 0.3) is 0 Å². The van der Waals surface area contributed by atoms with Gasteiger partial charge in [-0.25, -0.2) is 0 Å². The fourth-order valence-electron chi connectivity index (χ4n) is 2.29. The molecule has 21 heavy (non-hydrogen) atoms. The van der Waals surface area contributed by atoms with Gasteiger partial charge in [0.2, 0.25) is 0 Å². The summed E-state index contributed by atoms with van der Waals surface area (Å²) in [7, 11) is 0. The molecule has 3 rings (SSSR count). The average molecular weight is 410 g/mol. The number of nitrogen functional groups attached to an aromatic ring is 1. The molecule has 2 aromatic rings. The Bertz CT molecular complexity index is 760. The van der Waals surface area contributed by atoms with Crippen LogP contribution in [0.2, 0.25) is 0 Å². The lowest BCUT2D eigenvalue weighted by Gasteiger charge is -2.13. The van der Waals surface area contributed by atoms with Crippen LogP contribution in [0.4, 0.5) is 5.69 Å². The maximum Gasteiger partial charge on any atom is 0.263 e. The first-order valence-electron chi connectivity index (χ1n) is 6.18. The fraction of sp³-hybridized carbons (Fsp3) is 0.0667. The van der Waals surface area contributed by atoms with Gasteiger partial charge in [0, 0.05) is 4.47 Å². The number of rotatable bonds is 2. The highest BCUT2D eigenvalue weighted by Gasteiger charge is 2.38. The summed E-state index contributed by atoms with van der Waals surface area (Å²) >= 11 is 6.60. The summed E-state index contributed by atoms with van der Waals surface area (Å²) in [5.41, 5.74) is 7.89. The van der Waals surface area contributed by atoms with Crippen LogP contribution in [0.15, 0.2) is 45.3 Å². The monoisotopic (exact) mass is 408 g/mol. The third-order valence-electron chi connectivity index (χ3n) is 3.37. The van der Waals surface area contributed by atoms with Gasteiger partial charge in [0.25, 0.3) is 11.8 Å². The largest absolute Gasteiger partial charge is 0.397 e. The van der Waals surface area contributed by atoms with Gasteiger partial charge >= 0.3 is 0 Å². The van der Waals surface area contributed by atoms with E-state index in [2.05, 4.69) is 31.9 Å². The Morgan fingerprint density at radius 2 is 1.71 bits per heavy atom. The molecule has 0 atom stereocenters. The summed E-state index contributed by atoms with van der Waals surface area (Å²) in [5.74, 6) is -0.634. The number of nitrogens with two attached hydrogens (primary N) is 1. The molecule has 0 aromatic heterocycles. The number of imide groups is 1. The van der Waals surface area contributed by atoms with E-state index in [0.717, 1.165) is 5.56 Å². The number of benzene rings is 2. The number of carbonyl (C=O) groups excluding carboxylic acids is 2. The zero-order chi connectivity index (χ0) is 15.1. The minimum atomic E-state index is -0.329. The van der Waals surface area contributed by atoms with Crippen LogP contribution in [0.1, 0.15) is 26.3 Å². The van der Waals surface area contributed by atoms with Crippen molar-refractivity contribution >= 4 is 49.4 Å². The first-order valence-corrected chi connectivity index (χ1v) is 7.77. The number of hydrogen-bond acceptors (Lipinski definition) is 3. The molecular formula is C15H10Br2N2O2. The van der Waals surface area contributed by atoms with Crippen molar-refractivity contribution in [3.05, 3.63) is 62.0 Å². The molecule has 2 amide bonds. The highest BCUT2D eigenvalue weighted by molar-refractivity contribution is 9.11. The number of anilines is 1. The quantitative estimate of drug-likeness (QED) is 0.608. The Kier molecular flexibility index (Phi) is 3.59. The van der Waals surface area contributed by atoms with E-state index in [1.807, 2.05) is 30.3 Å². The van der Waals surface area contributed by atoms with Crippen LogP contribution in [-0.4, -0.2) is 16.7 Å². The molecule has 0 unspecified atom stereocenters. The molecule has 2 aromatic carbocycles. The van der Waals surface area contributed by atoms with Gasteiger partial charge in [-0.15, -0.1) is 0 Å². The predicted octanol–water partition coefficient (Wildman–Crippen LogP) is 3.59. The van der Waals surface area contributed by atoms with Gasteiger partial charge < -0.3 is 5.73 Å². The number of amides is 2. The Labute approximate surface area is 138 Å². The second-order valence-electron chi connectivity index (χ2n) is 4.69. The van der Waals surface area contributed by atoms with Crippen LogP contribution in [-0.2, 0) is 6.54 Å². The summed E-state index contributed by atoms with van der Waals surface area (Å²) in [6.07, 6.45) is 0. The van der Waals surface area contributed by atoms with Crippen molar-refractivity contribution in [2.24, 2.45) is 0 Å². The molecule has 0 saturated carbocycles. The maximum atomic E-state index is 12.5. The van der Waals surface area contributed by atoms with Crippen molar-refractivity contribution in [1.29, 1.82) is 0 Å². The number of nitrogens with zero attached hydrogens (tertiary/aromatic N) is 1. The Morgan fingerprint density at radius 1 is 1.05 bits per heavy atom. The smallest absolute Gasteiger partial charge is 0.263 e. The number of fused-ring (bicyclic) bond motifs is 1. The summed E-state index contributed by atoms with van der Waals surface area (Å²) in [4.78, 5) is 26.2. The lowest BCUT2D eigenvalue weighted by molar-refractivity contribution is 0.0642. The maximum absolute atomic E-state index is 12.5. The third-order valence-corrected chi connectivity index (χ3v) is 4.85. The normalized spacial score (nSPS) is 13.7. The molecule has 1 heterocycles. The van der Waals surface area contributed by atoms with Gasteiger partial charge in [-0.2, -0.15) is 0 Å². The second-order valence-corrected chi connectivity index (χ2v) is 6.34. The van der Waals surface area contributed by atoms with Gasteiger partial charge in [-0.1, -0.05) is 30.3 Å². The molecule has 0 bridgehead atoms. The molecule has 0 radical (unpaired) electrons. The summed E-state index contributed by atoms with van der Waals surface area (Å²) in [6.45, 7) is 0.247. The lowest BCUT2D eigenvalue weighted by Crippen LogP contribution is -2.29. The topological polar surface area (TPSA) is 63.4 Å². The van der Waals surface area contributed by atoms with Crippen molar-refractivity contribution < 1.29 is 9.59 Å². The van der Waals surface area contributed by atoms with E-state index in [0.29, 0.717) is 25.8 Å².